The van der Waals surface area contributed by atoms with E-state index < -0.39 is 0 Å². The van der Waals surface area contributed by atoms with Crippen molar-refractivity contribution in [2.24, 2.45) is 0 Å². The molecule has 0 aliphatic heterocycles. The first-order chi connectivity index (χ1) is 9.75. The largest absolute Gasteiger partial charge is 0.338 e. The molecule has 2 rings (SSSR count). The third-order valence-corrected chi connectivity index (χ3v) is 3.11. The topological polar surface area (TPSA) is 54.0 Å². The molecule has 0 saturated carbocycles. The highest BCUT2D eigenvalue weighted by atomic mass is 16.2. The molecule has 1 atom stereocenters. The molecule has 0 spiro atoms. The Kier molecular flexibility index (Phi) is 5.12. The summed E-state index contributed by atoms with van der Waals surface area (Å²) in [6.07, 6.45) is 3.46. The van der Waals surface area contributed by atoms with E-state index in [9.17, 15) is 4.79 Å². The number of hydrogen-bond acceptors (Lipinski definition) is 2. The number of nitrogens with zero attached hydrogens (tertiary/aromatic N) is 1. The van der Waals surface area contributed by atoms with E-state index in [2.05, 4.69) is 34.7 Å². The fraction of sp³-hybridized carbons (Fsp3) is 0.250. The first kappa shape index (κ1) is 14.1. The Morgan fingerprint density at radius 1 is 1.15 bits per heavy atom. The standard InChI is InChI=1S/C16H19N3O/c1-13(15-7-3-2-4-8-15)10-18-16(20)19-12-14-6-5-9-17-11-14/h2-9,11,13H,10,12H2,1H3,(H2,18,19,20). The molecule has 0 aliphatic rings. The van der Waals surface area contributed by atoms with Gasteiger partial charge < -0.3 is 10.6 Å². The number of hydrogen-bond donors (Lipinski definition) is 2. The summed E-state index contributed by atoms with van der Waals surface area (Å²) < 4.78 is 0. The summed E-state index contributed by atoms with van der Waals surface area (Å²) in [4.78, 5) is 15.7. The Hall–Kier alpha value is -2.36. The third-order valence-electron chi connectivity index (χ3n) is 3.11. The molecule has 20 heavy (non-hydrogen) atoms. The van der Waals surface area contributed by atoms with Crippen LogP contribution in [0.1, 0.15) is 24.0 Å². The van der Waals surface area contributed by atoms with Crippen molar-refractivity contribution < 1.29 is 4.79 Å². The Labute approximate surface area is 119 Å². The van der Waals surface area contributed by atoms with Crippen LogP contribution in [0.2, 0.25) is 0 Å². The lowest BCUT2D eigenvalue weighted by Crippen LogP contribution is -2.37. The van der Waals surface area contributed by atoms with Crippen molar-refractivity contribution in [3.05, 3.63) is 66.0 Å². The van der Waals surface area contributed by atoms with Gasteiger partial charge in [-0.2, -0.15) is 0 Å². The van der Waals surface area contributed by atoms with Crippen molar-refractivity contribution in [2.45, 2.75) is 19.4 Å². The molecule has 1 heterocycles. The lowest BCUT2D eigenvalue weighted by atomic mass is 10.0. The van der Waals surface area contributed by atoms with Crippen LogP contribution in [-0.4, -0.2) is 17.6 Å². The summed E-state index contributed by atoms with van der Waals surface area (Å²) in [6, 6.07) is 13.8. The molecule has 0 fully saturated rings. The van der Waals surface area contributed by atoms with E-state index in [0.717, 1.165) is 5.56 Å². The zero-order valence-electron chi connectivity index (χ0n) is 11.5. The zero-order valence-corrected chi connectivity index (χ0v) is 11.5. The summed E-state index contributed by atoms with van der Waals surface area (Å²) in [7, 11) is 0. The van der Waals surface area contributed by atoms with Gasteiger partial charge in [0.2, 0.25) is 0 Å². The minimum Gasteiger partial charge on any atom is -0.338 e. The molecular weight excluding hydrogens is 250 g/mol. The number of rotatable bonds is 5. The quantitative estimate of drug-likeness (QED) is 0.876. The maximum absolute atomic E-state index is 11.7. The second kappa shape index (κ2) is 7.28. The van der Waals surface area contributed by atoms with E-state index in [-0.39, 0.29) is 6.03 Å². The Bertz CT molecular complexity index is 528. The molecule has 2 aromatic rings. The van der Waals surface area contributed by atoms with E-state index in [1.807, 2.05) is 30.3 Å². The van der Waals surface area contributed by atoms with Crippen LogP contribution < -0.4 is 10.6 Å². The SMILES string of the molecule is CC(CNC(=O)NCc1cccnc1)c1ccccc1. The zero-order chi connectivity index (χ0) is 14.2. The van der Waals surface area contributed by atoms with Gasteiger partial charge in [-0.15, -0.1) is 0 Å². The predicted octanol–water partition coefficient (Wildman–Crippen LogP) is 2.68. The van der Waals surface area contributed by atoms with Crippen molar-refractivity contribution in [3.63, 3.8) is 0 Å². The smallest absolute Gasteiger partial charge is 0.315 e. The maximum atomic E-state index is 11.7. The molecule has 1 aromatic carbocycles. The lowest BCUT2D eigenvalue weighted by Gasteiger charge is -2.13. The molecule has 104 valence electrons. The van der Waals surface area contributed by atoms with Gasteiger partial charge in [0.15, 0.2) is 0 Å². The van der Waals surface area contributed by atoms with Crippen molar-refractivity contribution in [1.82, 2.24) is 15.6 Å². The number of aromatic nitrogens is 1. The average Bonchev–Trinajstić information content (AvgIpc) is 2.52. The van der Waals surface area contributed by atoms with Gasteiger partial charge in [-0.1, -0.05) is 43.3 Å². The molecule has 0 bridgehead atoms. The van der Waals surface area contributed by atoms with Crippen LogP contribution in [0.5, 0.6) is 0 Å². The van der Waals surface area contributed by atoms with E-state index in [4.69, 9.17) is 0 Å². The Balaban J connectivity index is 1.73. The molecule has 2 amide bonds. The highest BCUT2D eigenvalue weighted by Gasteiger charge is 2.06. The number of benzene rings is 1. The average molecular weight is 269 g/mol. The van der Waals surface area contributed by atoms with E-state index in [1.54, 1.807) is 12.4 Å². The second-order valence-electron chi connectivity index (χ2n) is 4.74. The molecule has 1 unspecified atom stereocenters. The van der Waals surface area contributed by atoms with Gasteiger partial charge in [0, 0.05) is 25.5 Å². The van der Waals surface area contributed by atoms with Crippen molar-refractivity contribution >= 4 is 6.03 Å². The fourth-order valence-electron chi connectivity index (χ4n) is 1.89. The monoisotopic (exact) mass is 269 g/mol. The van der Waals surface area contributed by atoms with Crippen LogP contribution in [-0.2, 0) is 6.54 Å². The third kappa shape index (κ3) is 4.39. The van der Waals surface area contributed by atoms with Crippen LogP contribution >= 0.6 is 0 Å². The van der Waals surface area contributed by atoms with E-state index >= 15 is 0 Å². The predicted molar refractivity (Wildman–Crippen MR) is 79.3 cm³/mol. The lowest BCUT2D eigenvalue weighted by molar-refractivity contribution is 0.240. The Morgan fingerprint density at radius 3 is 2.65 bits per heavy atom. The number of amides is 2. The molecule has 0 radical (unpaired) electrons. The molecule has 0 saturated heterocycles. The van der Waals surface area contributed by atoms with Gasteiger partial charge in [-0.3, -0.25) is 4.98 Å². The summed E-state index contributed by atoms with van der Waals surface area (Å²) >= 11 is 0. The van der Waals surface area contributed by atoms with E-state index in [1.165, 1.54) is 5.56 Å². The summed E-state index contributed by atoms with van der Waals surface area (Å²) in [5.74, 6) is 0.292. The van der Waals surface area contributed by atoms with Gasteiger partial charge >= 0.3 is 6.03 Å². The number of carbonyl (C=O) groups excluding carboxylic acids is 1. The minimum absolute atomic E-state index is 0.156. The molecule has 1 aromatic heterocycles. The molecule has 4 nitrogen and oxygen atoms in total. The molecule has 2 N–H and O–H groups in total. The molecule has 0 aliphatic carbocycles. The van der Waals surface area contributed by atoms with Gasteiger partial charge in [0.1, 0.15) is 0 Å². The van der Waals surface area contributed by atoms with Gasteiger partial charge in [-0.25, -0.2) is 4.79 Å². The number of carbonyl (C=O) groups is 1. The van der Waals surface area contributed by atoms with Crippen molar-refractivity contribution in [2.75, 3.05) is 6.54 Å². The van der Waals surface area contributed by atoms with Crippen LogP contribution in [0, 0.1) is 0 Å². The molecular formula is C16H19N3O. The van der Waals surface area contributed by atoms with Crippen molar-refractivity contribution in [1.29, 1.82) is 0 Å². The maximum Gasteiger partial charge on any atom is 0.315 e. The van der Waals surface area contributed by atoms with Crippen LogP contribution in [0.25, 0.3) is 0 Å². The highest BCUT2D eigenvalue weighted by molar-refractivity contribution is 5.73. The van der Waals surface area contributed by atoms with Crippen LogP contribution in [0.15, 0.2) is 54.9 Å². The van der Waals surface area contributed by atoms with E-state index in [0.29, 0.717) is 19.0 Å². The fourth-order valence-corrected chi connectivity index (χ4v) is 1.89. The van der Waals surface area contributed by atoms with Crippen LogP contribution in [0.3, 0.4) is 0 Å². The summed E-state index contributed by atoms with van der Waals surface area (Å²) in [6.45, 7) is 3.19. The minimum atomic E-state index is -0.156. The van der Waals surface area contributed by atoms with Crippen molar-refractivity contribution in [3.8, 4) is 0 Å². The number of urea groups is 1. The Morgan fingerprint density at radius 2 is 1.95 bits per heavy atom. The second-order valence-corrected chi connectivity index (χ2v) is 4.74. The first-order valence-corrected chi connectivity index (χ1v) is 6.71. The number of nitrogens with one attached hydrogen (secondary N) is 2. The summed E-state index contributed by atoms with van der Waals surface area (Å²) in [5.41, 5.74) is 2.21. The first-order valence-electron chi connectivity index (χ1n) is 6.71. The normalized spacial score (nSPS) is 11.7. The highest BCUT2D eigenvalue weighted by Crippen LogP contribution is 2.12. The summed E-state index contributed by atoms with van der Waals surface area (Å²) in [5, 5.41) is 5.70. The van der Waals surface area contributed by atoms with Gasteiger partial charge in [0.25, 0.3) is 0 Å². The van der Waals surface area contributed by atoms with Gasteiger partial charge in [-0.05, 0) is 23.1 Å². The number of pyridine rings is 1. The molecule has 4 heteroatoms. The van der Waals surface area contributed by atoms with Gasteiger partial charge in [0.05, 0.1) is 0 Å². The van der Waals surface area contributed by atoms with Crippen LogP contribution in [0.4, 0.5) is 4.79 Å².